The van der Waals surface area contributed by atoms with Gasteiger partial charge in [0.25, 0.3) is 5.69 Å². The summed E-state index contributed by atoms with van der Waals surface area (Å²) in [4.78, 5) is 15.1. The van der Waals surface area contributed by atoms with E-state index >= 15 is 0 Å². The summed E-state index contributed by atoms with van der Waals surface area (Å²) in [5.74, 6) is 1.66. The molecule has 3 atom stereocenters. The number of benzene rings is 4. The van der Waals surface area contributed by atoms with Gasteiger partial charge < -0.3 is 10.1 Å². The topological polar surface area (TPSA) is 76.8 Å². The first-order valence-corrected chi connectivity index (χ1v) is 14.1. The summed E-state index contributed by atoms with van der Waals surface area (Å²) in [6, 6.07) is 27.7. The second kappa shape index (κ2) is 11.1. The Morgan fingerprint density at radius 3 is 2.60 bits per heavy atom. The number of nitrogens with zero attached hydrogens (tertiary/aromatic N) is 2. The summed E-state index contributed by atoms with van der Waals surface area (Å²) in [7, 11) is 0. The zero-order valence-corrected chi connectivity index (χ0v) is 23.5. The predicted octanol–water partition coefficient (Wildman–Crippen LogP) is 8.82. The maximum atomic E-state index is 10.8. The Balaban J connectivity index is 1.10. The number of anilines is 1. The van der Waals surface area contributed by atoms with E-state index in [4.69, 9.17) is 4.74 Å². The largest absolute Gasteiger partial charge is 0.488 e. The molecule has 6 nitrogen and oxygen atoms in total. The average molecular weight is 595 g/mol. The first-order chi connectivity index (χ1) is 19.4. The summed E-state index contributed by atoms with van der Waals surface area (Å²) in [5, 5.41) is 14.6. The van der Waals surface area contributed by atoms with Crippen LogP contribution in [0.1, 0.15) is 46.2 Å². The first-order valence-electron chi connectivity index (χ1n) is 13.3. The standard InChI is InChI=1S/C33H28BrN3O3/c1-21-5-15-31-29(17-21)27-3-2-4-28(27)33(36-31)24-9-11-25(12-10-24)35-19-23-8-16-32(30(34)18-23)40-20-22-6-13-26(14-7-22)37(38)39/h2-3,5-19,27-28,33,36H,4,20H2,1H3/t27-,28-,33-/m1/s1. The van der Waals surface area contributed by atoms with Crippen molar-refractivity contribution in [2.45, 2.75) is 31.9 Å². The van der Waals surface area contributed by atoms with Crippen LogP contribution in [0.25, 0.3) is 0 Å². The van der Waals surface area contributed by atoms with Crippen molar-refractivity contribution in [1.82, 2.24) is 0 Å². The Kier molecular flexibility index (Phi) is 7.22. The van der Waals surface area contributed by atoms with Gasteiger partial charge in [0.2, 0.25) is 0 Å². The van der Waals surface area contributed by atoms with E-state index in [0.717, 1.165) is 27.7 Å². The van der Waals surface area contributed by atoms with Gasteiger partial charge in [-0.2, -0.15) is 0 Å². The lowest BCUT2D eigenvalue weighted by Crippen LogP contribution is -2.29. The van der Waals surface area contributed by atoms with Crippen LogP contribution in [-0.4, -0.2) is 11.1 Å². The third kappa shape index (κ3) is 5.42. The molecule has 1 aliphatic heterocycles. The van der Waals surface area contributed by atoms with Crippen LogP contribution in [-0.2, 0) is 6.61 Å². The van der Waals surface area contributed by atoms with E-state index in [0.29, 0.717) is 24.2 Å². The summed E-state index contributed by atoms with van der Waals surface area (Å²) in [6.45, 7) is 2.47. The number of aryl methyl sites for hydroxylation is 1. The van der Waals surface area contributed by atoms with Crippen LogP contribution in [0.5, 0.6) is 5.75 Å². The number of hydrogen-bond donors (Lipinski definition) is 1. The van der Waals surface area contributed by atoms with Crippen molar-refractivity contribution >= 4 is 39.2 Å². The predicted molar refractivity (Wildman–Crippen MR) is 163 cm³/mol. The number of nitro groups is 1. The highest BCUT2D eigenvalue weighted by Crippen LogP contribution is 2.50. The summed E-state index contributed by atoms with van der Waals surface area (Å²) < 4.78 is 6.71. The molecular formula is C33H28BrN3O3. The lowest BCUT2D eigenvalue weighted by molar-refractivity contribution is -0.384. The van der Waals surface area contributed by atoms with Gasteiger partial charge in [-0.15, -0.1) is 0 Å². The summed E-state index contributed by atoms with van der Waals surface area (Å²) >= 11 is 3.58. The quantitative estimate of drug-likeness (QED) is 0.100. The van der Waals surface area contributed by atoms with E-state index in [9.17, 15) is 10.1 Å². The van der Waals surface area contributed by atoms with Gasteiger partial charge in [0.1, 0.15) is 12.4 Å². The molecule has 0 bridgehead atoms. The molecule has 0 amide bonds. The van der Waals surface area contributed by atoms with E-state index in [1.165, 1.54) is 34.5 Å². The monoisotopic (exact) mass is 593 g/mol. The molecule has 200 valence electrons. The molecule has 0 spiro atoms. The Morgan fingerprint density at radius 2 is 1.85 bits per heavy atom. The fraction of sp³-hybridized carbons (Fsp3) is 0.182. The SMILES string of the molecule is Cc1ccc2c(c1)[C@@H]1C=CC[C@H]1[C@@H](c1ccc(N=Cc3ccc(OCc4ccc([N+](=O)[O-])cc4)c(Br)c3)cc1)N2. The molecule has 0 saturated carbocycles. The molecule has 0 fully saturated rings. The molecule has 1 aliphatic carbocycles. The van der Waals surface area contributed by atoms with E-state index in [1.54, 1.807) is 12.1 Å². The Morgan fingerprint density at radius 1 is 1.05 bits per heavy atom. The number of halogens is 1. The molecule has 1 heterocycles. The normalized spacial score (nSPS) is 19.2. The molecular weight excluding hydrogens is 566 g/mol. The third-order valence-corrected chi connectivity index (χ3v) is 8.25. The van der Waals surface area contributed by atoms with Crippen LogP contribution in [0.4, 0.5) is 17.1 Å². The Labute approximate surface area is 241 Å². The van der Waals surface area contributed by atoms with E-state index < -0.39 is 4.92 Å². The fourth-order valence-electron chi connectivity index (χ4n) is 5.55. The third-order valence-electron chi connectivity index (χ3n) is 7.63. The highest BCUT2D eigenvalue weighted by molar-refractivity contribution is 9.10. The number of nitro benzene ring substituents is 1. The number of nitrogens with one attached hydrogen (secondary N) is 1. The van der Waals surface area contributed by atoms with Gasteiger partial charge >= 0.3 is 0 Å². The van der Waals surface area contributed by atoms with Crippen LogP contribution < -0.4 is 10.1 Å². The van der Waals surface area contributed by atoms with Crippen molar-refractivity contribution in [3.63, 3.8) is 0 Å². The minimum atomic E-state index is -0.411. The number of rotatable bonds is 7. The van der Waals surface area contributed by atoms with Crippen molar-refractivity contribution < 1.29 is 9.66 Å². The van der Waals surface area contributed by atoms with Crippen molar-refractivity contribution in [1.29, 1.82) is 0 Å². The number of allylic oxidation sites excluding steroid dienone is 2. The highest BCUT2D eigenvalue weighted by Gasteiger charge is 2.37. The molecule has 0 radical (unpaired) electrons. The molecule has 0 unspecified atom stereocenters. The summed E-state index contributed by atoms with van der Waals surface area (Å²) in [6.07, 6.45) is 7.62. The lowest BCUT2D eigenvalue weighted by atomic mass is 9.76. The minimum absolute atomic E-state index is 0.0643. The van der Waals surface area contributed by atoms with Crippen LogP contribution >= 0.6 is 15.9 Å². The minimum Gasteiger partial charge on any atom is -0.488 e. The van der Waals surface area contributed by atoms with Gasteiger partial charge in [0, 0.05) is 30.0 Å². The molecule has 4 aromatic carbocycles. The number of ether oxygens (including phenoxy) is 1. The van der Waals surface area contributed by atoms with Gasteiger partial charge in [-0.25, -0.2) is 0 Å². The van der Waals surface area contributed by atoms with Gasteiger partial charge in [0.15, 0.2) is 0 Å². The van der Waals surface area contributed by atoms with Crippen LogP contribution in [0.3, 0.4) is 0 Å². The average Bonchev–Trinajstić information content (AvgIpc) is 3.46. The van der Waals surface area contributed by atoms with E-state index in [-0.39, 0.29) is 11.7 Å². The Hall–Kier alpha value is -4.23. The zero-order chi connectivity index (χ0) is 27.6. The van der Waals surface area contributed by atoms with Crippen molar-refractivity contribution in [2.75, 3.05) is 5.32 Å². The van der Waals surface area contributed by atoms with Gasteiger partial charge in [0.05, 0.1) is 21.1 Å². The van der Waals surface area contributed by atoms with Crippen LogP contribution in [0.15, 0.2) is 107 Å². The van der Waals surface area contributed by atoms with Gasteiger partial charge in [-0.3, -0.25) is 15.1 Å². The molecule has 0 saturated heterocycles. The first kappa shape index (κ1) is 26.0. The van der Waals surface area contributed by atoms with E-state index in [1.807, 2.05) is 24.4 Å². The molecule has 6 rings (SSSR count). The Bertz CT molecular complexity index is 1610. The zero-order valence-electron chi connectivity index (χ0n) is 22.0. The maximum Gasteiger partial charge on any atom is 0.269 e. The smallest absolute Gasteiger partial charge is 0.269 e. The molecule has 0 aromatic heterocycles. The molecule has 1 N–H and O–H groups in total. The maximum absolute atomic E-state index is 10.8. The molecule has 7 heteroatoms. The second-order valence-electron chi connectivity index (χ2n) is 10.3. The van der Waals surface area contributed by atoms with E-state index in [2.05, 4.69) is 87.8 Å². The van der Waals surface area contributed by atoms with Crippen molar-refractivity contribution in [2.24, 2.45) is 10.9 Å². The number of hydrogen-bond acceptors (Lipinski definition) is 5. The van der Waals surface area contributed by atoms with Crippen molar-refractivity contribution in [3.8, 4) is 5.75 Å². The van der Waals surface area contributed by atoms with Crippen LogP contribution in [0, 0.1) is 23.0 Å². The number of non-ortho nitro benzene ring substituents is 1. The summed E-state index contributed by atoms with van der Waals surface area (Å²) in [5.41, 5.74) is 7.98. The molecule has 4 aromatic rings. The van der Waals surface area contributed by atoms with Crippen LogP contribution in [0.2, 0.25) is 0 Å². The molecule has 2 aliphatic rings. The van der Waals surface area contributed by atoms with Crippen molar-refractivity contribution in [3.05, 3.63) is 139 Å². The number of aliphatic imine (C=N–C) groups is 1. The lowest BCUT2D eigenvalue weighted by Gasteiger charge is -2.37. The second-order valence-corrected chi connectivity index (χ2v) is 11.2. The van der Waals surface area contributed by atoms with Gasteiger partial charge in [-0.1, -0.05) is 42.0 Å². The van der Waals surface area contributed by atoms with Gasteiger partial charge in [-0.05, 0) is 106 Å². The highest BCUT2D eigenvalue weighted by atomic mass is 79.9. The molecule has 40 heavy (non-hydrogen) atoms. The fourth-order valence-corrected chi connectivity index (χ4v) is 6.06. The number of fused-ring (bicyclic) bond motifs is 3.